The van der Waals surface area contributed by atoms with Gasteiger partial charge in [0.2, 0.25) is 0 Å². The Morgan fingerprint density at radius 1 is 1.05 bits per heavy atom. The Morgan fingerprint density at radius 3 is 2.43 bits per heavy atom. The molecule has 4 heteroatoms. The summed E-state index contributed by atoms with van der Waals surface area (Å²) in [5.74, 6) is 1.33. The van der Waals surface area contributed by atoms with Crippen LogP contribution in [0.15, 0.2) is 48.5 Å². The number of thioether (sulfide) groups is 1. The van der Waals surface area contributed by atoms with Gasteiger partial charge in [0, 0.05) is 30.3 Å². The van der Waals surface area contributed by atoms with Gasteiger partial charge in [-0.15, -0.1) is 0 Å². The molecule has 21 heavy (non-hydrogen) atoms. The number of hydrogen-bond donors (Lipinski definition) is 1. The fourth-order valence-corrected chi connectivity index (χ4v) is 3.50. The van der Waals surface area contributed by atoms with E-state index in [0.29, 0.717) is 5.56 Å². The van der Waals surface area contributed by atoms with Gasteiger partial charge in [0.15, 0.2) is 0 Å². The van der Waals surface area contributed by atoms with Gasteiger partial charge in [0.1, 0.15) is 0 Å². The van der Waals surface area contributed by atoms with Crippen LogP contribution >= 0.6 is 11.8 Å². The molecular formula is C17H17NO2S. The molecule has 0 saturated carbocycles. The fraction of sp³-hybridized carbons (Fsp3) is 0.235. The summed E-state index contributed by atoms with van der Waals surface area (Å²) in [5.41, 5.74) is 3.10. The smallest absolute Gasteiger partial charge is 0.336 e. The Morgan fingerprint density at radius 2 is 1.76 bits per heavy atom. The third-order valence-corrected chi connectivity index (χ3v) is 4.64. The lowest BCUT2D eigenvalue weighted by molar-refractivity contribution is 0.0698. The molecule has 3 nitrogen and oxygen atoms in total. The van der Waals surface area contributed by atoms with E-state index in [2.05, 4.69) is 4.90 Å². The predicted molar refractivity (Wildman–Crippen MR) is 88.4 cm³/mol. The van der Waals surface area contributed by atoms with Crippen LogP contribution in [0.1, 0.15) is 10.4 Å². The molecule has 1 heterocycles. The van der Waals surface area contributed by atoms with E-state index < -0.39 is 5.97 Å². The van der Waals surface area contributed by atoms with Crippen molar-refractivity contribution >= 4 is 23.4 Å². The molecule has 2 aromatic carbocycles. The van der Waals surface area contributed by atoms with Gasteiger partial charge in [0.25, 0.3) is 0 Å². The lowest BCUT2D eigenvalue weighted by Gasteiger charge is -2.29. The Hall–Kier alpha value is -1.94. The standard InChI is InChI=1S/C17H17NO2S/c19-17(20)16-12-14(18-8-10-21-11-9-18)6-7-15(16)13-4-2-1-3-5-13/h1-7,12H,8-11H2,(H,19,20). The van der Waals surface area contributed by atoms with Crippen molar-refractivity contribution in [1.29, 1.82) is 0 Å². The molecule has 0 aromatic heterocycles. The highest BCUT2D eigenvalue weighted by Crippen LogP contribution is 2.29. The topological polar surface area (TPSA) is 40.5 Å². The SMILES string of the molecule is O=C(O)c1cc(N2CCSCC2)ccc1-c1ccccc1. The molecule has 3 rings (SSSR count). The lowest BCUT2D eigenvalue weighted by atomic mass is 9.99. The molecule has 0 unspecified atom stereocenters. The maximum absolute atomic E-state index is 11.6. The van der Waals surface area contributed by atoms with E-state index in [0.717, 1.165) is 41.4 Å². The van der Waals surface area contributed by atoms with Gasteiger partial charge in [-0.05, 0) is 23.3 Å². The van der Waals surface area contributed by atoms with Crippen LogP contribution in [0.25, 0.3) is 11.1 Å². The summed E-state index contributed by atoms with van der Waals surface area (Å²) in [6.45, 7) is 1.96. The van der Waals surface area contributed by atoms with Gasteiger partial charge in [-0.2, -0.15) is 11.8 Å². The highest BCUT2D eigenvalue weighted by molar-refractivity contribution is 7.99. The molecule has 1 aliphatic heterocycles. The molecule has 0 radical (unpaired) electrons. The van der Waals surface area contributed by atoms with Crippen LogP contribution in [0.3, 0.4) is 0 Å². The van der Waals surface area contributed by atoms with Crippen molar-refractivity contribution < 1.29 is 9.90 Å². The van der Waals surface area contributed by atoms with Crippen molar-refractivity contribution in [2.24, 2.45) is 0 Å². The van der Waals surface area contributed by atoms with E-state index in [1.807, 2.05) is 54.2 Å². The zero-order valence-electron chi connectivity index (χ0n) is 11.7. The van der Waals surface area contributed by atoms with E-state index in [1.54, 1.807) is 6.07 Å². The molecule has 108 valence electrons. The fourth-order valence-electron chi connectivity index (χ4n) is 2.60. The summed E-state index contributed by atoms with van der Waals surface area (Å²) in [6, 6.07) is 15.4. The van der Waals surface area contributed by atoms with Crippen LogP contribution in [0.5, 0.6) is 0 Å². The average molecular weight is 299 g/mol. The molecule has 0 spiro atoms. The van der Waals surface area contributed by atoms with Crippen molar-refractivity contribution in [1.82, 2.24) is 0 Å². The first-order valence-corrected chi connectivity index (χ1v) is 8.16. The van der Waals surface area contributed by atoms with E-state index in [1.165, 1.54) is 0 Å². The van der Waals surface area contributed by atoms with Crippen LogP contribution in [-0.2, 0) is 0 Å². The number of hydrogen-bond acceptors (Lipinski definition) is 3. The van der Waals surface area contributed by atoms with Gasteiger partial charge in [-0.25, -0.2) is 4.79 Å². The Kier molecular flexibility index (Phi) is 4.15. The molecule has 1 aliphatic rings. The molecule has 0 amide bonds. The quantitative estimate of drug-likeness (QED) is 0.940. The van der Waals surface area contributed by atoms with Crippen molar-refractivity contribution in [3.8, 4) is 11.1 Å². The van der Waals surface area contributed by atoms with Gasteiger partial charge in [-0.3, -0.25) is 0 Å². The van der Waals surface area contributed by atoms with Crippen LogP contribution < -0.4 is 4.90 Å². The highest BCUT2D eigenvalue weighted by atomic mass is 32.2. The summed E-state index contributed by atoms with van der Waals surface area (Å²) in [6.07, 6.45) is 0. The van der Waals surface area contributed by atoms with Crippen LogP contribution in [0.2, 0.25) is 0 Å². The summed E-state index contributed by atoms with van der Waals surface area (Å²) in [4.78, 5) is 13.9. The van der Waals surface area contributed by atoms with Gasteiger partial charge in [0.05, 0.1) is 5.56 Å². The minimum atomic E-state index is -0.873. The summed E-state index contributed by atoms with van der Waals surface area (Å²) < 4.78 is 0. The third kappa shape index (κ3) is 3.05. The highest BCUT2D eigenvalue weighted by Gasteiger charge is 2.16. The Labute approximate surface area is 128 Å². The number of nitrogens with zero attached hydrogens (tertiary/aromatic N) is 1. The maximum atomic E-state index is 11.6. The van der Waals surface area contributed by atoms with Crippen LogP contribution in [0, 0.1) is 0 Å². The number of carboxylic acids is 1. The number of aromatic carboxylic acids is 1. The van der Waals surface area contributed by atoms with Gasteiger partial charge >= 0.3 is 5.97 Å². The van der Waals surface area contributed by atoms with Crippen molar-refractivity contribution in [3.63, 3.8) is 0 Å². The predicted octanol–water partition coefficient (Wildman–Crippen LogP) is 3.61. The molecule has 1 fully saturated rings. The van der Waals surface area contributed by atoms with E-state index in [9.17, 15) is 9.90 Å². The van der Waals surface area contributed by atoms with E-state index >= 15 is 0 Å². The van der Waals surface area contributed by atoms with Crippen LogP contribution in [0.4, 0.5) is 5.69 Å². The van der Waals surface area contributed by atoms with E-state index in [4.69, 9.17) is 0 Å². The van der Waals surface area contributed by atoms with Gasteiger partial charge in [-0.1, -0.05) is 36.4 Å². The minimum absolute atomic E-state index is 0.372. The van der Waals surface area contributed by atoms with Crippen LogP contribution in [-0.4, -0.2) is 35.7 Å². The zero-order valence-corrected chi connectivity index (χ0v) is 12.5. The zero-order chi connectivity index (χ0) is 14.7. The second-order valence-electron chi connectivity index (χ2n) is 5.00. The normalized spacial score (nSPS) is 15.0. The molecule has 0 atom stereocenters. The summed E-state index contributed by atoms with van der Waals surface area (Å²) >= 11 is 1.95. The number of carboxylic acid groups (broad SMARTS) is 1. The first-order chi connectivity index (χ1) is 10.3. The molecular weight excluding hydrogens is 282 g/mol. The first kappa shape index (κ1) is 14.0. The van der Waals surface area contributed by atoms with Crippen molar-refractivity contribution in [2.45, 2.75) is 0 Å². The summed E-state index contributed by atoms with van der Waals surface area (Å²) in [5, 5.41) is 9.53. The second kappa shape index (κ2) is 6.22. The van der Waals surface area contributed by atoms with Crippen molar-refractivity contribution in [3.05, 3.63) is 54.1 Å². The molecule has 0 aliphatic carbocycles. The first-order valence-electron chi connectivity index (χ1n) is 7.01. The monoisotopic (exact) mass is 299 g/mol. The Bertz CT molecular complexity index is 636. The third-order valence-electron chi connectivity index (χ3n) is 3.69. The largest absolute Gasteiger partial charge is 0.478 e. The lowest BCUT2D eigenvalue weighted by Crippen LogP contribution is -2.32. The minimum Gasteiger partial charge on any atom is -0.478 e. The second-order valence-corrected chi connectivity index (χ2v) is 6.23. The van der Waals surface area contributed by atoms with Crippen molar-refractivity contribution in [2.75, 3.05) is 29.5 Å². The molecule has 1 N–H and O–H groups in total. The number of anilines is 1. The number of carbonyl (C=O) groups is 1. The van der Waals surface area contributed by atoms with Gasteiger partial charge < -0.3 is 10.0 Å². The Balaban J connectivity index is 2.00. The molecule has 0 bridgehead atoms. The number of rotatable bonds is 3. The van der Waals surface area contributed by atoms with E-state index in [-0.39, 0.29) is 0 Å². The molecule has 1 saturated heterocycles. The maximum Gasteiger partial charge on any atom is 0.336 e. The molecule has 2 aromatic rings. The average Bonchev–Trinajstić information content (AvgIpc) is 2.56. The summed E-state index contributed by atoms with van der Waals surface area (Å²) in [7, 11) is 0. The number of benzene rings is 2.